The number of benzene rings is 1. The Balaban J connectivity index is 2.77. The van der Waals surface area contributed by atoms with Gasteiger partial charge in [0.25, 0.3) is 0 Å². The summed E-state index contributed by atoms with van der Waals surface area (Å²) in [5, 5.41) is 2.99. The summed E-state index contributed by atoms with van der Waals surface area (Å²) in [4.78, 5) is 12.0. The lowest BCUT2D eigenvalue weighted by Gasteiger charge is -2.21. The molecule has 0 saturated carbocycles. The summed E-state index contributed by atoms with van der Waals surface area (Å²) >= 11 is 5.98. The first-order valence-electron chi connectivity index (χ1n) is 6.72. The van der Waals surface area contributed by atoms with Gasteiger partial charge in [0.15, 0.2) is 0 Å². The maximum absolute atomic E-state index is 12.0. The maximum Gasteiger partial charge on any atom is 0.239 e. The largest absolute Gasteiger partial charge is 0.495 e. The second kappa shape index (κ2) is 7.80. The molecule has 22 heavy (non-hydrogen) atoms. The van der Waals surface area contributed by atoms with Crippen LogP contribution in [0.3, 0.4) is 0 Å². The predicted molar refractivity (Wildman–Crippen MR) is 87.9 cm³/mol. The molecule has 0 heterocycles. The van der Waals surface area contributed by atoms with E-state index in [0.717, 1.165) is 10.6 Å². The van der Waals surface area contributed by atoms with Gasteiger partial charge in [0.2, 0.25) is 15.9 Å². The zero-order chi connectivity index (χ0) is 16.9. The van der Waals surface area contributed by atoms with Crippen molar-refractivity contribution in [1.82, 2.24) is 4.31 Å². The molecule has 0 atom stereocenters. The fourth-order valence-corrected chi connectivity index (χ4v) is 3.01. The fourth-order valence-electron chi connectivity index (χ4n) is 1.83. The second-order valence-corrected chi connectivity index (χ2v) is 7.74. The van der Waals surface area contributed by atoms with E-state index in [9.17, 15) is 13.2 Å². The number of halogens is 1. The van der Waals surface area contributed by atoms with Crippen LogP contribution in [0, 0.1) is 5.92 Å². The molecule has 0 bridgehead atoms. The molecule has 1 aromatic carbocycles. The molecule has 1 N–H and O–H groups in total. The molecule has 0 aliphatic rings. The summed E-state index contributed by atoms with van der Waals surface area (Å²) in [6.45, 7) is 3.83. The zero-order valence-corrected chi connectivity index (χ0v) is 14.7. The van der Waals surface area contributed by atoms with Crippen molar-refractivity contribution in [3.8, 4) is 5.75 Å². The van der Waals surface area contributed by atoms with Crippen molar-refractivity contribution < 1.29 is 17.9 Å². The Labute approximate surface area is 136 Å². The van der Waals surface area contributed by atoms with Crippen molar-refractivity contribution in [3.05, 3.63) is 23.2 Å². The van der Waals surface area contributed by atoms with E-state index in [1.807, 2.05) is 13.8 Å². The van der Waals surface area contributed by atoms with Gasteiger partial charge in [-0.15, -0.1) is 0 Å². The molecule has 0 aliphatic carbocycles. The third kappa shape index (κ3) is 5.82. The Kier molecular flexibility index (Phi) is 6.65. The van der Waals surface area contributed by atoms with Crippen LogP contribution in [0.25, 0.3) is 0 Å². The summed E-state index contributed by atoms with van der Waals surface area (Å²) < 4.78 is 29.6. The van der Waals surface area contributed by atoms with E-state index in [0.29, 0.717) is 16.5 Å². The summed E-state index contributed by atoms with van der Waals surface area (Å²) in [6.07, 6.45) is 1.09. The topological polar surface area (TPSA) is 75.7 Å². The minimum absolute atomic E-state index is 0.123. The molecule has 0 fully saturated rings. The van der Waals surface area contributed by atoms with Crippen LogP contribution in [0.4, 0.5) is 5.69 Å². The molecule has 1 aromatic rings. The van der Waals surface area contributed by atoms with Crippen LogP contribution in [-0.4, -0.2) is 45.1 Å². The smallest absolute Gasteiger partial charge is 0.239 e. The molecule has 1 amide bonds. The molecule has 0 unspecified atom stereocenters. The highest BCUT2D eigenvalue weighted by atomic mass is 35.5. The van der Waals surface area contributed by atoms with Gasteiger partial charge in [-0.25, -0.2) is 8.42 Å². The van der Waals surface area contributed by atoms with Crippen LogP contribution >= 0.6 is 11.6 Å². The molecule has 0 aromatic heterocycles. The van der Waals surface area contributed by atoms with Gasteiger partial charge < -0.3 is 10.1 Å². The molecule has 124 valence electrons. The Morgan fingerprint density at radius 2 is 2.05 bits per heavy atom. The van der Waals surface area contributed by atoms with E-state index in [-0.39, 0.29) is 19.0 Å². The summed E-state index contributed by atoms with van der Waals surface area (Å²) in [7, 11) is -1.94. The van der Waals surface area contributed by atoms with E-state index in [1.165, 1.54) is 7.11 Å². The van der Waals surface area contributed by atoms with Crippen molar-refractivity contribution >= 4 is 33.2 Å². The summed E-state index contributed by atoms with van der Waals surface area (Å²) in [5.74, 6) is 0.197. The highest BCUT2D eigenvalue weighted by molar-refractivity contribution is 7.88. The van der Waals surface area contributed by atoms with Gasteiger partial charge in [0, 0.05) is 12.2 Å². The molecular formula is C14H21ClN2O4S. The van der Waals surface area contributed by atoms with E-state index in [1.54, 1.807) is 18.2 Å². The number of carbonyl (C=O) groups excluding carboxylic acids is 1. The fraction of sp³-hybridized carbons (Fsp3) is 0.500. The van der Waals surface area contributed by atoms with Crippen molar-refractivity contribution in [2.75, 3.05) is 31.8 Å². The number of methoxy groups -OCH3 is 1. The minimum atomic E-state index is -3.44. The van der Waals surface area contributed by atoms with Crippen LogP contribution in [-0.2, 0) is 14.8 Å². The third-order valence-corrected chi connectivity index (χ3v) is 4.30. The van der Waals surface area contributed by atoms with E-state index in [2.05, 4.69) is 5.32 Å². The number of rotatable bonds is 7. The number of anilines is 1. The van der Waals surface area contributed by atoms with Crippen molar-refractivity contribution in [1.29, 1.82) is 0 Å². The van der Waals surface area contributed by atoms with Crippen LogP contribution in [0.15, 0.2) is 18.2 Å². The standard InChI is InChI=1S/C14H21ClN2O4S/c1-10(2)8-17(22(4,19)20)9-14(18)16-11-5-6-13(21-3)12(15)7-11/h5-7,10H,8-9H2,1-4H3,(H,16,18). The predicted octanol–water partition coefficient (Wildman–Crippen LogP) is 2.20. The van der Waals surface area contributed by atoms with Gasteiger partial charge >= 0.3 is 0 Å². The van der Waals surface area contributed by atoms with Gasteiger partial charge in [0.1, 0.15) is 5.75 Å². The van der Waals surface area contributed by atoms with Gasteiger partial charge in [-0.1, -0.05) is 25.4 Å². The third-order valence-electron chi connectivity index (χ3n) is 2.79. The quantitative estimate of drug-likeness (QED) is 0.819. The van der Waals surface area contributed by atoms with Crippen LogP contribution in [0.2, 0.25) is 5.02 Å². The molecule has 8 heteroatoms. The first-order chi connectivity index (χ1) is 10.1. The zero-order valence-electron chi connectivity index (χ0n) is 13.1. The average molecular weight is 349 g/mol. The highest BCUT2D eigenvalue weighted by Crippen LogP contribution is 2.27. The first-order valence-corrected chi connectivity index (χ1v) is 8.94. The Bertz CT molecular complexity index is 632. The average Bonchev–Trinajstić information content (AvgIpc) is 2.36. The van der Waals surface area contributed by atoms with Crippen LogP contribution < -0.4 is 10.1 Å². The van der Waals surface area contributed by atoms with Gasteiger partial charge in [0.05, 0.1) is 24.9 Å². The SMILES string of the molecule is COc1ccc(NC(=O)CN(CC(C)C)S(C)(=O)=O)cc1Cl. The monoisotopic (exact) mass is 348 g/mol. The molecule has 0 spiro atoms. The number of amides is 1. The molecular weight excluding hydrogens is 328 g/mol. The Hall–Kier alpha value is -1.31. The molecule has 0 radical (unpaired) electrons. The Morgan fingerprint density at radius 3 is 2.50 bits per heavy atom. The second-order valence-electron chi connectivity index (χ2n) is 5.35. The molecule has 6 nitrogen and oxygen atoms in total. The number of ether oxygens (including phenoxy) is 1. The normalized spacial score (nSPS) is 11.8. The Morgan fingerprint density at radius 1 is 1.41 bits per heavy atom. The summed E-state index contributed by atoms with van der Waals surface area (Å²) in [5.41, 5.74) is 0.480. The number of hydrogen-bond donors (Lipinski definition) is 1. The van der Waals surface area contributed by atoms with Gasteiger partial charge in [-0.05, 0) is 24.1 Å². The van der Waals surface area contributed by atoms with Crippen molar-refractivity contribution in [3.63, 3.8) is 0 Å². The van der Waals surface area contributed by atoms with Crippen LogP contribution in [0.1, 0.15) is 13.8 Å². The number of carbonyl (C=O) groups is 1. The molecule has 1 rings (SSSR count). The van der Waals surface area contributed by atoms with Crippen LogP contribution in [0.5, 0.6) is 5.75 Å². The van der Waals surface area contributed by atoms with E-state index >= 15 is 0 Å². The number of nitrogens with zero attached hydrogens (tertiary/aromatic N) is 1. The van der Waals surface area contributed by atoms with E-state index < -0.39 is 15.9 Å². The van der Waals surface area contributed by atoms with Gasteiger partial charge in [-0.3, -0.25) is 4.79 Å². The molecule has 0 saturated heterocycles. The molecule has 0 aliphatic heterocycles. The number of nitrogens with one attached hydrogen (secondary N) is 1. The number of hydrogen-bond acceptors (Lipinski definition) is 4. The van der Waals surface area contributed by atoms with Gasteiger partial charge in [-0.2, -0.15) is 4.31 Å². The highest BCUT2D eigenvalue weighted by Gasteiger charge is 2.21. The lowest BCUT2D eigenvalue weighted by molar-refractivity contribution is -0.116. The number of sulfonamides is 1. The first kappa shape index (κ1) is 18.7. The maximum atomic E-state index is 12.0. The van der Waals surface area contributed by atoms with Crippen molar-refractivity contribution in [2.24, 2.45) is 5.92 Å². The lowest BCUT2D eigenvalue weighted by atomic mass is 10.2. The minimum Gasteiger partial charge on any atom is -0.495 e. The summed E-state index contributed by atoms with van der Waals surface area (Å²) in [6, 6.07) is 4.81. The van der Waals surface area contributed by atoms with E-state index in [4.69, 9.17) is 16.3 Å². The van der Waals surface area contributed by atoms with Crippen molar-refractivity contribution in [2.45, 2.75) is 13.8 Å². The lowest BCUT2D eigenvalue weighted by Crippen LogP contribution is -2.39.